The first kappa shape index (κ1) is 24.8. The van der Waals surface area contributed by atoms with E-state index in [1.165, 1.54) is 0 Å². The Morgan fingerprint density at radius 2 is 1.92 bits per heavy atom. The molecule has 3 heterocycles. The molecule has 2 unspecified atom stereocenters. The van der Waals surface area contributed by atoms with Crippen molar-refractivity contribution >= 4 is 5.78 Å². The fourth-order valence-electron chi connectivity index (χ4n) is 5.34. The third-order valence-corrected chi connectivity index (χ3v) is 7.34. The number of imidazole rings is 1. The van der Waals surface area contributed by atoms with E-state index in [0.717, 1.165) is 66.6 Å². The molecule has 1 aromatic carbocycles. The number of unbranched alkanes of at least 4 members (excludes halogenated alkanes) is 1. The summed E-state index contributed by atoms with van der Waals surface area (Å²) in [6.45, 7) is 4.60. The molecule has 9 nitrogen and oxygen atoms in total. The molecule has 2 atom stereocenters. The molecule has 3 aromatic heterocycles. The van der Waals surface area contributed by atoms with Crippen molar-refractivity contribution in [1.29, 1.82) is 0 Å². The van der Waals surface area contributed by atoms with Crippen molar-refractivity contribution in [2.24, 2.45) is 5.92 Å². The van der Waals surface area contributed by atoms with Gasteiger partial charge in [-0.3, -0.25) is 18.9 Å². The number of aromatic nitrogens is 7. The van der Waals surface area contributed by atoms with Gasteiger partial charge >= 0.3 is 5.69 Å². The number of pyridine rings is 1. The molecule has 1 N–H and O–H groups in total. The summed E-state index contributed by atoms with van der Waals surface area (Å²) >= 11 is 0. The number of carbonyl (C=O) groups is 1. The zero-order valence-electron chi connectivity index (χ0n) is 21.4. The van der Waals surface area contributed by atoms with Crippen LogP contribution in [0.2, 0.25) is 0 Å². The second-order valence-electron chi connectivity index (χ2n) is 9.95. The Bertz CT molecular complexity index is 1400. The topological polar surface area (TPSA) is 111 Å². The maximum absolute atomic E-state index is 13.6. The Balaban J connectivity index is 1.46. The first-order valence-electron chi connectivity index (χ1n) is 13.2. The molecular formula is C28H33N7O2. The van der Waals surface area contributed by atoms with Crippen LogP contribution in [0.25, 0.3) is 22.5 Å². The van der Waals surface area contributed by atoms with Gasteiger partial charge in [-0.25, -0.2) is 4.79 Å². The van der Waals surface area contributed by atoms with E-state index in [-0.39, 0.29) is 23.4 Å². The van der Waals surface area contributed by atoms with Gasteiger partial charge < -0.3 is 0 Å². The van der Waals surface area contributed by atoms with Crippen LogP contribution in [-0.2, 0) is 17.8 Å². The molecule has 5 rings (SSSR count). The molecule has 0 spiro atoms. The van der Waals surface area contributed by atoms with Gasteiger partial charge in [0.25, 0.3) is 0 Å². The summed E-state index contributed by atoms with van der Waals surface area (Å²) in [5.41, 5.74) is 4.38. The summed E-state index contributed by atoms with van der Waals surface area (Å²) in [5.74, 6) is 0.851. The highest BCUT2D eigenvalue weighted by Gasteiger charge is 2.31. The number of hydrogen-bond acceptors (Lipinski definition) is 6. The first-order valence-corrected chi connectivity index (χ1v) is 13.2. The Morgan fingerprint density at radius 3 is 2.65 bits per heavy atom. The van der Waals surface area contributed by atoms with E-state index in [2.05, 4.69) is 34.5 Å². The number of Topliss-reactive ketones (excluding diaryl/α,β-unsaturated/α-hetero) is 1. The Kier molecular flexibility index (Phi) is 7.39. The minimum Gasteiger partial charge on any atom is -0.297 e. The molecule has 1 fully saturated rings. The van der Waals surface area contributed by atoms with E-state index >= 15 is 0 Å². The normalized spacial score (nSPS) is 18.2. The molecule has 0 bridgehead atoms. The van der Waals surface area contributed by atoms with Crippen LogP contribution in [0.4, 0.5) is 0 Å². The molecular weight excluding hydrogens is 466 g/mol. The van der Waals surface area contributed by atoms with Crippen LogP contribution < -0.4 is 5.69 Å². The Labute approximate surface area is 216 Å². The molecule has 0 aliphatic heterocycles. The fraction of sp³-hybridized carbons (Fsp3) is 0.429. The van der Waals surface area contributed by atoms with Crippen molar-refractivity contribution < 1.29 is 4.79 Å². The average Bonchev–Trinajstić information content (AvgIpc) is 3.51. The summed E-state index contributed by atoms with van der Waals surface area (Å²) in [5, 5.41) is 14.4. The number of nitrogens with zero attached hydrogens (tertiary/aromatic N) is 6. The number of H-pyrrole nitrogens is 1. The molecule has 1 aliphatic rings. The maximum Gasteiger partial charge on any atom is 0.329 e. The van der Waals surface area contributed by atoms with Gasteiger partial charge in [0.15, 0.2) is 5.78 Å². The van der Waals surface area contributed by atoms with Gasteiger partial charge in [0.2, 0.25) is 5.82 Å². The van der Waals surface area contributed by atoms with Gasteiger partial charge in [-0.1, -0.05) is 57.0 Å². The summed E-state index contributed by atoms with van der Waals surface area (Å²) in [7, 11) is 0. The van der Waals surface area contributed by atoms with Gasteiger partial charge in [-0.05, 0) is 48.4 Å². The van der Waals surface area contributed by atoms with Crippen molar-refractivity contribution in [2.45, 2.75) is 71.4 Å². The molecule has 0 amide bonds. The predicted molar refractivity (Wildman–Crippen MR) is 141 cm³/mol. The quantitative estimate of drug-likeness (QED) is 0.355. The lowest BCUT2D eigenvalue weighted by molar-refractivity contribution is -0.123. The highest BCUT2D eigenvalue weighted by molar-refractivity contribution is 5.83. The molecule has 192 valence electrons. The van der Waals surface area contributed by atoms with Crippen LogP contribution in [-0.4, -0.2) is 40.5 Å². The number of aromatic amines is 1. The maximum atomic E-state index is 13.6. The van der Waals surface area contributed by atoms with Crippen LogP contribution in [0, 0.1) is 5.92 Å². The van der Waals surface area contributed by atoms with Crippen molar-refractivity contribution in [2.75, 3.05) is 0 Å². The number of ketones is 1. The van der Waals surface area contributed by atoms with Gasteiger partial charge in [0.05, 0.1) is 18.3 Å². The monoisotopic (exact) mass is 499 g/mol. The number of benzene rings is 1. The van der Waals surface area contributed by atoms with Crippen LogP contribution in [0.1, 0.15) is 69.8 Å². The van der Waals surface area contributed by atoms with E-state index in [0.29, 0.717) is 18.8 Å². The molecule has 0 radical (unpaired) electrons. The largest absolute Gasteiger partial charge is 0.329 e. The van der Waals surface area contributed by atoms with Crippen LogP contribution in [0.15, 0.2) is 53.6 Å². The molecule has 1 saturated carbocycles. The van der Waals surface area contributed by atoms with Crippen LogP contribution >= 0.6 is 0 Å². The number of aryl methyl sites for hydroxylation is 1. The second-order valence-corrected chi connectivity index (χ2v) is 9.95. The molecule has 37 heavy (non-hydrogen) atoms. The zero-order chi connectivity index (χ0) is 25.8. The minimum atomic E-state index is -0.381. The zero-order valence-corrected chi connectivity index (χ0v) is 21.4. The van der Waals surface area contributed by atoms with E-state index in [1.54, 1.807) is 9.13 Å². The molecule has 1 aliphatic carbocycles. The summed E-state index contributed by atoms with van der Waals surface area (Å²) in [6, 6.07) is 11.4. The lowest BCUT2D eigenvalue weighted by atomic mass is 9.96. The number of hydrogen-bond donors (Lipinski definition) is 1. The first-order chi connectivity index (χ1) is 18.1. The number of rotatable bonds is 8. The smallest absolute Gasteiger partial charge is 0.297 e. The van der Waals surface area contributed by atoms with Crippen molar-refractivity contribution in [3.05, 3.63) is 70.7 Å². The van der Waals surface area contributed by atoms with E-state index in [1.807, 2.05) is 48.8 Å². The van der Waals surface area contributed by atoms with Crippen LogP contribution in [0.3, 0.4) is 0 Å². The molecule has 4 aromatic rings. The third kappa shape index (κ3) is 5.16. The highest BCUT2D eigenvalue weighted by Crippen LogP contribution is 2.31. The van der Waals surface area contributed by atoms with E-state index < -0.39 is 0 Å². The standard InChI is InChI=1S/C28H33N7O2/c1-3-4-10-22-18-35(26-19(2)9-5-8-13-25(26)36)28(37)34(22)17-21-15-14-20(16-29-21)23-11-6-7-12-24(23)27-30-32-33-31-27/h6-7,11-12,14-16,18-19,26H,3-5,8-10,13,17H2,1-2H3,(H,30,31,32,33). The third-order valence-electron chi connectivity index (χ3n) is 7.34. The highest BCUT2D eigenvalue weighted by atomic mass is 16.2. The van der Waals surface area contributed by atoms with E-state index in [4.69, 9.17) is 4.98 Å². The number of carbonyl (C=O) groups excluding carboxylic acids is 1. The van der Waals surface area contributed by atoms with Crippen molar-refractivity contribution in [1.82, 2.24) is 34.7 Å². The Morgan fingerprint density at radius 1 is 1.08 bits per heavy atom. The molecule has 9 heteroatoms. The minimum absolute atomic E-state index is 0.119. The summed E-state index contributed by atoms with van der Waals surface area (Å²) in [4.78, 5) is 31.3. The Hall–Kier alpha value is -3.88. The van der Waals surface area contributed by atoms with Crippen molar-refractivity contribution in [3.8, 4) is 22.5 Å². The SMILES string of the molecule is CCCCc1cn(C2C(=O)CCCCC2C)c(=O)n1Cc1ccc(-c2ccccc2-c2nn[nH]n2)cn1. The summed E-state index contributed by atoms with van der Waals surface area (Å²) < 4.78 is 3.51. The van der Waals surface area contributed by atoms with Gasteiger partial charge in [0.1, 0.15) is 0 Å². The summed E-state index contributed by atoms with van der Waals surface area (Å²) in [6.07, 6.45) is 10.0. The van der Waals surface area contributed by atoms with E-state index in [9.17, 15) is 9.59 Å². The van der Waals surface area contributed by atoms with Crippen LogP contribution in [0.5, 0.6) is 0 Å². The molecule has 0 saturated heterocycles. The van der Waals surface area contributed by atoms with Gasteiger partial charge in [-0.2, -0.15) is 5.21 Å². The lowest BCUT2D eigenvalue weighted by Crippen LogP contribution is -2.34. The van der Waals surface area contributed by atoms with Gasteiger partial charge in [0, 0.05) is 35.6 Å². The van der Waals surface area contributed by atoms with Gasteiger partial charge in [-0.15, -0.1) is 10.2 Å². The lowest BCUT2D eigenvalue weighted by Gasteiger charge is -2.20. The van der Waals surface area contributed by atoms with Crippen molar-refractivity contribution in [3.63, 3.8) is 0 Å². The number of nitrogens with one attached hydrogen (secondary N) is 1. The second kappa shape index (κ2) is 11.0. The fourth-order valence-corrected chi connectivity index (χ4v) is 5.34. The number of tetrazole rings is 1. The predicted octanol–water partition coefficient (Wildman–Crippen LogP) is 4.60. The average molecular weight is 500 g/mol.